The standard InChI is InChI=1S/C23H21ClN2O2S/c1-16(23(28)26-21-10-6-5-9-20(21)24)29-19-13-11-18(12-14-19)25-22(27)15-17-7-3-2-4-8-17/h2-14,16H,15H2,1H3,(H,25,27)(H,26,28). The van der Waals surface area contributed by atoms with E-state index in [1.807, 2.05) is 73.7 Å². The zero-order valence-corrected chi connectivity index (χ0v) is 17.5. The van der Waals surface area contributed by atoms with Crippen LogP contribution in [-0.2, 0) is 16.0 Å². The third-order valence-corrected chi connectivity index (χ3v) is 5.60. The number of thioether (sulfide) groups is 1. The molecule has 3 aromatic rings. The Morgan fingerprint density at radius 1 is 0.897 bits per heavy atom. The van der Waals surface area contributed by atoms with E-state index in [9.17, 15) is 9.59 Å². The zero-order chi connectivity index (χ0) is 20.6. The summed E-state index contributed by atoms with van der Waals surface area (Å²) in [7, 11) is 0. The van der Waals surface area contributed by atoms with Crippen molar-refractivity contribution >= 4 is 46.6 Å². The first-order valence-corrected chi connectivity index (χ1v) is 10.4. The second kappa shape index (κ2) is 10.1. The van der Waals surface area contributed by atoms with E-state index in [1.165, 1.54) is 11.8 Å². The topological polar surface area (TPSA) is 58.2 Å². The smallest absolute Gasteiger partial charge is 0.237 e. The number of nitrogens with one attached hydrogen (secondary N) is 2. The molecule has 0 saturated carbocycles. The SMILES string of the molecule is CC(Sc1ccc(NC(=O)Cc2ccccc2)cc1)C(=O)Nc1ccccc1Cl. The van der Waals surface area contributed by atoms with Crippen LogP contribution in [0, 0.1) is 0 Å². The summed E-state index contributed by atoms with van der Waals surface area (Å²) >= 11 is 7.53. The van der Waals surface area contributed by atoms with Gasteiger partial charge in [0.2, 0.25) is 11.8 Å². The molecule has 148 valence electrons. The second-order valence-electron chi connectivity index (χ2n) is 6.46. The Bertz CT molecular complexity index is 978. The molecular weight excluding hydrogens is 404 g/mol. The maximum absolute atomic E-state index is 12.4. The highest BCUT2D eigenvalue weighted by atomic mass is 35.5. The van der Waals surface area contributed by atoms with Crippen molar-refractivity contribution in [2.75, 3.05) is 10.6 Å². The van der Waals surface area contributed by atoms with Gasteiger partial charge in [-0.25, -0.2) is 0 Å². The number of anilines is 2. The molecule has 2 amide bonds. The van der Waals surface area contributed by atoms with Crippen LogP contribution in [0.15, 0.2) is 83.8 Å². The summed E-state index contributed by atoms with van der Waals surface area (Å²) in [5.74, 6) is -0.188. The van der Waals surface area contributed by atoms with Crippen molar-refractivity contribution in [3.8, 4) is 0 Å². The van der Waals surface area contributed by atoms with Crippen LogP contribution in [0.3, 0.4) is 0 Å². The fraction of sp³-hybridized carbons (Fsp3) is 0.130. The van der Waals surface area contributed by atoms with Gasteiger partial charge in [0, 0.05) is 10.6 Å². The molecule has 0 aromatic heterocycles. The quantitative estimate of drug-likeness (QED) is 0.482. The molecule has 0 aliphatic heterocycles. The first-order chi connectivity index (χ1) is 14.0. The van der Waals surface area contributed by atoms with Gasteiger partial charge in [0.1, 0.15) is 0 Å². The summed E-state index contributed by atoms with van der Waals surface area (Å²) in [5, 5.41) is 5.94. The highest BCUT2D eigenvalue weighted by Crippen LogP contribution is 2.27. The normalized spacial score (nSPS) is 11.5. The minimum atomic E-state index is -0.301. The molecular formula is C23H21ClN2O2S. The molecule has 0 aliphatic carbocycles. The monoisotopic (exact) mass is 424 g/mol. The third-order valence-electron chi connectivity index (χ3n) is 4.16. The van der Waals surface area contributed by atoms with Crippen LogP contribution in [0.1, 0.15) is 12.5 Å². The van der Waals surface area contributed by atoms with E-state index in [0.29, 0.717) is 17.1 Å². The fourth-order valence-electron chi connectivity index (χ4n) is 2.66. The number of carbonyl (C=O) groups is 2. The van der Waals surface area contributed by atoms with Gasteiger partial charge in [0.15, 0.2) is 0 Å². The molecule has 2 N–H and O–H groups in total. The minimum Gasteiger partial charge on any atom is -0.326 e. The lowest BCUT2D eigenvalue weighted by molar-refractivity contribution is -0.116. The summed E-state index contributed by atoms with van der Waals surface area (Å²) in [6, 6.07) is 24.2. The maximum Gasteiger partial charge on any atom is 0.237 e. The number of rotatable bonds is 7. The Kier molecular flexibility index (Phi) is 7.33. The third kappa shape index (κ3) is 6.38. The number of hydrogen-bond acceptors (Lipinski definition) is 3. The molecule has 1 atom stereocenters. The molecule has 0 radical (unpaired) electrons. The molecule has 0 bridgehead atoms. The van der Waals surface area contributed by atoms with Gasteiger partial charge in [0.25, 0.3) is 0 Å². The van der Waals surface area contributed by atoms with E-state index < -0.39 is 0 Å². The summed E-state index contributed by atoms with van der Waals surface area (Å²) in [6.45, 7) is 1.84. The predicted molar refractivity (Wildman–Crippen MR) is 121 cm³/mol. The summed E-state index contributed by atoms with van der Waals surface area (Å²) < 4.78 is 0. The van der Waals surface area contributed by atoms with Gasteiger partial charge in [-0.3, -0.25) is 9.59 Å². The number of carbonyl (C=O) groups excluding carboxylic acids is 2. The predicted octanol–water partition coefficient (Wildman–Crippen LogP) is 5.64. The summed E-state index contributed by atoms with van der Waals surface area (Å²) in [4.78, 5) is 25.5. The molecule has 0 heterocycles. The molecule has 3 aromatic carbocycles. The van der Waals surface area contributed by atoms with Crippen LogP contribution >= 0.6 is 23.4 Å². The van der Waals surface area contributed by atoms with Gasteiger partial charge in [-0.15, -0.1) is 11.8 Å². The lowest BCUT2D eigenvalue weighted by atomic mass is 10.1. The van der Waals surface area contributed by atoms with Gasteiger partial charge in [-0.05, 0) is 48.9 Å². The molecule has 0 aliphatic rings. The molecule has 3 rings (SSSR count). The van der Waals surface area contributed by atoms with Crippen LogP contribution in [0.2, 0.25) is 5.02 Å². The van der Waals surface area contributed by atoms with Crippen molar-refractivity contribution in [2.45, 2.75) is 23.5 Å². The molecule has 29 heavy (non-hydrogen) atoms. The molecule has 1 unspecified atom stereocenters. The van der Waals surface area contributed by atoms with Crippen molar-refractivity contribution < 1.29 is 9.59 Å². The van der Waals surface area contributed by atoms with Gasteiger partial charge in [-0.2, -0.15) is 0 Å². The van der Waals surface area contributed by atoms with Gasteiger partial charge in [0.05, 0.1) is 22.4 Å². The second-order valence-corrected chi connectivity index (χ2v) is 8.29. The number of benzene rings is 3. The Labute approximate surface area is 179 Å². The van der Waals surface area contributed by atoms with Crippen LogP contribution in [0.25, 0.3) is 0 Å². The number of para-hydroxylation sites is 1. The molecule has 0 saturated heterocycles. The highest BCUT2D eigenvalue weighted by molar-refractivity contribution is 8.00. The molecule has 0 spiro atoms. The number of hydrogen-bond donors (Lipinski definition) is 2. The lowest BCUT2D eigenvalue weighted by Crippen LogP contribution is -2.22. The Morgan fingerprint density at radius 2 is 1.55 bits per heavy atom. The fourth-order valence-corrected chi connectivity index (χ4v) is 3.71. The van der Waals surface area contributed by atoms with Crippen molar-refractivity contribution in [2.24, 2.45) is 0 Å². The Hall–Kier alpha value is -2.76. The van der Waals surface area contributed by atoms with E-state index in [4.69, 9.17) is 11.6 Å². The average Bonchev–Trinajstić information content (AvgIpc) is 2.72. The molecule has 0 fully saturated rings. The average molecular weight is 425 g/mol. The number of amides is 2. The van der Waals surface area contributed by atoms with Crippen LogP contribution in [-0.4, -0.2) is 17.1 Å². The minimum absolute atomic E-state index is 0.0657. The van der Waals surface area contributed by atoms with Crippen LogP contribution in [0.5, 0.6) is 0 Å². The highest BCUT2D eigenvalue weighted by Gasteiger charge is 2.15. The first-order valence-electron chi connectivity index (χ1n) is 9.17. The van der Waals surface area contributed by atoms with Gasteiger partial charge in [-0.1, -0.05) is 54.1 Å². The van der Waals surface area contributed by atoms with Crippen LogP contribution in [0.4, 0.5) is 11.4 Å². The van der Waals surface area contributed by atoms with Gasteiger partial charge >= 0.3 is 0 Å². The van der Waals surface area contributed by atoms with E-state index in [1.54, 1.807) is 12.1 Å². The summed E-state index contributed by atoms with van der Waals surface area (Å²) in [5.41, 5.74) is 2.29. The number of halogens is 1. The molecule has 6 heteroatoms. The maximum atomic E-state index is 12.4. The van der Waals surface area contributed by atoms with E-state index in [-0.39, 0.29) is 17.1 Å². The zero-order valence-electron chi connectivity index (χ0n) is 15.9. The van der Waals surface area contributed by atoms with Crippen molar-refractivity contribution in [1.29, 1.82) is 0 Å². The van der Waals surface area contributed by atoms with Gasteiger partial charge < -0.3 is 10.6 Å². The van der Waals surface area contributed by atoms with Crippen molar-refractivity contribution in [1.82, 2.24) is 0 Å². The summed E-state index contributed by atoms with van der Waals surface area (Å²) in [6.07, 6.45) is 0.330. The first kappa shape index (κ1) is 21.0. The van der Waals surface area contributed by atoms with Crippen molar-refractivity contribution in [3.05, 3.63) is 89.4 Å². The largest absolute Gasteiger partial charge is 0.326 e. The Morgan fingerprint density at radius 3 is 2.24 bits per heavy atom. The lowest BCUT2D eigenvalue weighted by Gasteiger charge is -2.13. The van der Waals surface area contributed by atoms with E-state index in [0.717, 1.165) is 16.1 Å². The van der Waals surface area contributed by atoms with Crippen LogP contribution < -0.4 is 10.6 Å². The van der Waals surface area contributed by atoms with E-state index >= 15 is 0 Å². The Balaban J connectivity index is 1.52. The molecule has 4 nitrogen and oxygen atoms in total. The van der Waals surface area contributed by atoms with E-state index in [2.05, 4.69) is 10.6 Å². The van der Waals surface area contributed by atoms with Crippen molar-refractivity contribution in [3.63, 3.8) is 0 Å².